The van der Waals surface area contributed by atoms with Crippen LogP contribution in [0.15, 0.2) is 28.7 Å². The van der Waals surface area contributed by atoms with Gasteiger partial charge in [-0.1, -0.05) is 24.3 Å². The van der Waals surface area contributed by atoms with Gasteiger partial charge in [0, 0.05) is 6.42 Å². The Morgan fingerprint density at radius 3 is 2.56 bits per heavy atom. The third kappa shape index (κ3) is 2.46. The monoisotopic (exact) mass is 217 g/mol. The quantitative estimate of drug-likeness (QED) is 0.845. The van der Waals surface area contributed by atoms with Gasteiger partial charge in [0.2, 0.25) is 11.8 Å². The summed E-state index contributed by atoms with van der Waals surface area (Å²) < 4.78 is 5.35. The molecule has 1 aromatic heterocycles. The number of aryl methyl sites for hydroxylation is 3. The van der Waals surface area contributed by atoms with Crippen LogP contribution < -0.4 is 5.73 Å². The van der Waals surface area contributed by atoms with Gasteiger partial charge in [0.25, 0.3) is 0 Å². The van der Waals surface area contributed by atoms with Gasteiger partial charge >= 0.3 is 0 Å². The predicted molar refractivity (Wildman–Crippen MR) is 60.8 cm³/mol. The molecule has 0 amide bonds. The van der Waals surface area contributed by atoms with E-state index in [1.54, 1.807) is 0 Å². The average Bonchev–Trinajstić information content (AvgIpc) is 2.76. The maximum absolute atomic E-state index is 5.40. The Hall–Kier alpha value is -1.68. The summed E-state index contributed by atoms with van der Waals surface area (Å²) in [6.07, 6.45) is 1.68. The number of benzene rings is 1. The van der Waals surface area contributed by atoms with E-state index in [0.717, 1.165) is 12.8 Å². The van der Waals surface area contributed by atoms with E-state index in [1.807, 2.05) is 12.1 Å². The fraction of sp³-hybridized carbons (Fsp3) is 0.333. The second-order valence-corrected chi connectivity index (χ2v) is 3.72. The van der Waals surface area contributed by atoms with E-state index < -0.39 is 0 Å². The molecule has 0 spiro atoms. The molecule has 2 rings (SSSR count). The molecule has 1 heterocycles. The van der Waals surface area contributed by atoms with E-state index in [0.29, 0.717) is 18.3 Å². The van der Waals surface area contributed by atoms with E-state index in [4.69, 9.17) is 10.2 Å². The van der Waals surface area contributed by atoms with Crippen molar-refractivity contribution in [3.63, 3.8) is 0 Å². The number of aromatic nitrogens is 2. The Labute approximate surface area is 94.5 Å². The zero-order valence-electron chi connectivity index (χ0n) is 9.31. The van der Waals surface area contributed by atoms with E-state index >= 15 is 0 Å². The molecule has 0 aliphatic rings. The third-order valence-corrected chi connectivity index (χ3v) is 2.55. The summed E-state index contributed by atoms with van der Waals surface area (Å²) >= 11 is 0. The molecule has 4 nitrogen and oxygen atoms in total. The molecule has 0 unspecified atom stereocenters. The third-order valence-electron chi connectivity index (χ3n) is 2.55. The lowest BCUT2D eigenvalue weighted by atomic mass is 10.0. The molecule has 0 saturated carbocycles. The van der Waals surface area contributed by atoms with Crippen molar-refractivity contribution in [1.29, 1.82) is 0 Å². The first kappa shape index (κ1) is 10.8. The van der Waals surface area contributed by atoms with Crippen LogP contribution in [0, 0.1) is 6.92 Å². The first-order valence-electron chi connectivity index (χ1n) is 5.35. The Morgan fingerprint density at radius 2 is 1.88 bits per heavy atom. The van der Waals surface area contributed by atoms with Crippen LogP contribution in [0.3, 0.4) is 0 Å². The maximum atomic E-state index is 5.40. The van der Waals surface area contributed by atoms with E-state index in [2.05, 4.69) is 29.3 Å². The van der Waals surface area contributed by atoms with Crippen molar-refractivity contribution in [2.75, 3.05) is 0 Å². The summed E-state index contributed by atoms with van der Waals surface area (Å²) in [7, 11) is 0. The highest BCUT2D eigenvalue weighted by Gasteiger charge is 2.05. The van der Waals surface area contributed by atoms with Crippen LogP contribution in [0.2, 0.25) is 0 Å². The van der Waals surface area contributed by atoms with Gasteiger partial charge < -0.3 is 10.2 Å². The summed E-state index contributed by atoms with van der Waals surface area (Å²) in [4.78, 5) is 0. The largest absolute Gasteiger partial charge is 0.424 e. The summed E-state index contributed by atoms with van der Waals surface area (Å²) in [6.45, 7) is 2.41. The minimum atomic E-state index is 0.303. The highest BCUT2D eigenvalue weighted by atomic mass is 16.4. The van der Waals surface area contributed by atoms with Gasteiger partial charge in [-0.25, -0.2) is 0 Å². The average molecular weight is 217 g/mol. The summed E-state index contributed by atoms with van der Waals surface area (Å²) in [5.41, 5.74) is 8.01. The van der Waals surface area contributed by atoms with Crippen LogP contribution in [0.5, 0.6) is 0 Å². The second-order valence-electron chi connectivity index (χ2n) is 3.72. The molecule has 0 fully saturated rings. The van der Waals surface area contributed by atoms with Gasteiger partial charge in [-0.2, -0.15) is 0 Å². The topological polar surface area (TPSA) is 64.9 Å². The van der Waals surface area contributed by atoms with Crippen LogP contribution in [0.4, 0.5) is 0 Å². The zero-order chi connectivity index (χ0) is 11.4. The Balaban J connectivity index is 1.99. The SMILES string of the molecule is Cc1ccccc1CCc1nnc(CN)o1. The van der Waals surface area contributed by atoms with Gasteiger partial charge in [0.1, 0.15) is 0 Å². The maximum Gasteiger partial charge on any atom is 0.230 e. The van der Waals surface area contributed by atoms with Crippen LogP contribution in [0.1, 0.15) is 22.9 Å². The number of nitrogens with zero attached hydrogens (tertiary/aromatic N) is 2. The molecule has 0 aliphatic heterocycles. The predicted octanol–water partition coefficient (Wildman–Crippen LogP) is 1.62. The molecule has 4 heteroatoms. The molecule has 1 aromatic carbocycles. The van der Waals surface area contributed by atoms with Crippen LogP contribution in [-0.2, 0) is 19.4 Å². The molecule has 0 bridgehead atoms. The first-order valence-corrected chi connectivity index (χ1v) is 5.35. The molecule has 0 atom stereocenters. The van der Waals surface area contributed by atoms with Crippen molar-refractivity contribution in [1.82, 2.24) is 10.2 Å². The van der Waals surface area contributed by atoms with Crippen LogP contribution in [-0.4, -0.2) is 10.2 Å². The molecule has 2 N–H and O–H groups in total. The summed E-state index contributed by atoms with van der Waals surface area (Å²) in [5, 5.41) is 7.76. The minimum Gasteiger partial charge on any atom is -0.424 e. The van der Waals surface area contributed by atoms with Crippen molar-refractivity contribution >= 4 is 0 Å². The van der Waals surface area contributed by atoms with E-state index in [-0.39, 0.29) is 0 Å². The Bertz CT molecular complexity index is 465. The van der Waals surface area contributed by atoms with E-state index in [1.165, 1.54) is 11.1 Å². The summed E-state index contributed by atoms with van der Waals surface area (Å²) in [5.74, 6) is 1.16. The Morgan fingerprint density at radius 1 is 1.12 bits per heavy atom. The lowest BCUT2D eigenvalue weighted by Crippen LogP contribution is -1.95. The van der Waals surface area contributed by atoms with Gasteiger partial charge in [0.15, 0.2) is 0 Å². The van der Waals surface area contributed by atoms with Crippen molar-refractivity contribution < 1.29 is 4.42 Å². The number of nitrogens with two attached hydrogens (primary N) is 1. The number of hydrogen-bond donors (Lipinski definition) is 1. The molecular formula is C12H15N3O. The fourth-order valence-electron chi connectivity index (χ4n) is 1.60. The first-order chi connectivity index (χ1) is 7.79. The van der Waals surface area contributed by atoms with Gasteiger partial charge in [-0.3, -0.25) is 0 Å². The molecule has 16 heavy (non-hydrogen) atoms. The lowest BCUT2D eigenvalue weighted by Gasteiger charge is -2.02. The van der Waals surface area contributed by atoms with Crippen molar-refractivity contribution in [3.8, 4) is 0 Å². The molecule has 2 aromatic rings. The van der Waals surface area contributed by atoms with E-state index in [9.17, 15) is 0 Å². The number of rotatable bonds is 4. The fourth-order valence-corrected chi connectivity index (χ4v) is 1.60. The van der Waals surface area contributed by atoms with Crippen LogP contribution >= 0.6 is 0 Å². The standard InChI is InChI=1S/C12H15N3O/c1-9-4-2-3-5-10(9)6-7-11-14-15-12(8-13)16-11/h2-5H,6-8,13H2,1H3. The smallest absolute Gasteiger partial charge is 0.230 e. The minimum absolute atomic E-state index is 0.303. The Kier molecular flexibility index (Phi) is 3.31. The second kappa shape index (κ2) is 4.90. The van der Waals surface area contributed by atoms with Crippen molar-refractivity contribution in [3.05, 3.63) is 47.2 Å². The van der Waals surface area contributed by atoms with Crippen molar-refractivity contribution in [2.45, 2.75) is 26.3 Å². The molecule has 0 saturated heterocycles. The molecule has 0 radical (unpaired) electrons. The summed E-state index contributed by atoms with van der Waals surface area (Å²) in [6, 6.07) is 8.31. The van der Waals surface area contributed by atoms with Crippen molar-refractivity contribution in [2.24, 2.45) is 5.73 Å². The highest BCUT2D eigenvalue weighted by molar-refractivity contribution is 5.25. The normalized spacial score (nSPS) is 10.6. The van der Waals surface area contributed by atoms with Gasteiger partial charge in [-0.05, 0) is 24.5 Å². The van der Waals surface area contributed by atoms with Gasteiger partial charge in [-0.15, -0.1) is 10.2 Å². The zero-order valence-corrected chi connectivity index (χ0v) is 9.31. The molecule has 84 valence electrons. The lowest BCUT2D eigenvalue weighted by molar-refractivity contribution is 0.450. The number of hydrogen-bond acceptors (Lipinski definition) is 4. The highest BCUT2D eigenvalue weighted by Crippen LogP contribution is 2.10. The van der Waals surface area contributed by atoms with Gasteiger partial charge in [0.05, 0.1) is 6.54 Å². The molecular weight excluding hydrogens is 202 g/mol. The molecule has 0 aliphatic carbocycles. The van der Waals surface area contributed by atoms with Crippen LogP contribution in [0.25, 0.3) is 0 Å².